The fourth-order valence-electron chi connectivity index (χ4n) is 3.52. The van der Waals surface area contributed by atoms with Crippen LogP contribution in [0.25, 0.3) is 0 Å². The van der Waals surface area contributed by atoms with E-state index >= 15 is 0 Å². The lowest BCUT2D eigenvalue weighted by Crippen LogP contribution is -2.36. The Morgan fingerprint density at radius 3 is 2.50 bits per heavy atom. The average Bonchev–Trinajstić information content (AvgIpc) is 3.08. The van der Waals surface area contributed by atoms with Crippen LogP contribution in [0, 0.1) is 6.92 Å². The maximum absolute atomic E-state index is 12.7. The van der Waals surface area contributed by atoms with Crippen molar-refractivity contribution in [2.45, 2.75) is 26.2 Å². The molecule has 9 heteroatoms. The highest BCUT2D eigenvalue weighted by molar-refractivity contribution is 7.93. The van der Waals surface area contributed by atoms with Gasteiger partial charge in [0, 0.05) is 25.1 Å². The molecule has 30 heavy (non-hydrogen) atoms. The van der Waals surface area contributed by atoms with Gasteiger partial charge in [-0.3, -0.25) is 13.9 Å². The molecule has 4 rings (SSSR count). The minimum absolute atomic E-state index is 0.154. The zero-order valence-corrected chi connectivity index (χ0v) is 17.4. The lowest BCUT2D eigenvalue weighted by Gasteiger charge is -2.23. The lowest BCUT2D eigenvalue weighted by atomic mass is 10.1. The molecule has 0 saturated carbocycles. The molecule has 0 bridgehead atoms. The largest absolute Gasteiger partial charge is 0.321 e. The molecule has 2 heterocycles. The summed E-state index contributed by atoms with van der Waals surface area (Å²) >= 11 is 0. The molecule has 8 nitrogen and oxygen atoms in total. The van der Waals surface area contributed by atoms with Gasteiger partial charge >= 0.3 is 0 Å². The quantitative estimate of drug-likeness (QED) is 0.812. The highest BCUT2D eigenvalue weighted by Gasteiger charge is 2.29. The number of rotatable bonds is 4. The van der Waals surface area contributed by atoms with Gasteiger partial charge in [0.15, 0.2) is 0 Å². The van der Waals surface area contributed by atoms with E-state index in [9.17, 15) is 18.0 Å². The highest BCUT2D eigenvalue weighted by atomic mass is 32.2. The van der Waals surface area contributed by atoms with E-state index in [4.69, 9.17) is 0 Å². The van der Waals surface area contributed by atoms with Gasteiger partial charge in [-0.05, 0) is 55.3 Å². The van der Waals surface area contributed by atoms with E-state index in [2.05, 4.69) is 10.4 Å². The van der Waals surface area contributed by atoms with E-state index in [1.807, 2.05) is 25.1 Å². The van der Waals surface area contributed by atoms with Crippen LogP contribution in [-0.2, 0) is 19.6 Å². The Hall–Kier alpha value is -3.20. The number of hydrazone groups is 1. The van der Waals surface area contributed by atoms with Gasteiger partial charge in [-0.25, -0.2) is 13.4 Å². The Kier molecular flexibility index (Phi) is 5.29. The molecule has 156 valence electrons. The maximum Gasteiger partial charge on any atom is 0.271 e. The zero-order valence-electron chi connectivity index (χ0n) is 16.5. The number of nitrogens with zero attached hydrogens (tertiary/aromatic N) is 3. The van der Waals surface area contributed by atoms with Gasteiger partial charge in [-0.1, -0.05) is 12.1 Å². The molecule has 2 aromatic carbocycles. The summed E-state index contributed by atoms with van der Waals surface area (Å²) in [5, 5.41) is 8.31. The molecule has 1 N–H and O–H groups in total. The number of hydrogen-bond donors (Lipinski definition) is 1. The average molecular weight is 426 g/mol. The normalized spacial score (nSPS) is 18.3. The smallest absolute Gasteiger partial charge is 0.271 e. The topological polar surface area (TPSA) is 99.2 Å². The number of nitrogens with one attached hydrogen (secondary N) is 1. The second-order valence-corrected chi connectivity index (χ2v) is 9.35. The zero-order chi connectivity index (χ0) is 21.3. The molecule has 0 radical (unpaired) electrons. The molecule has 0 aliphatic carbocycles. The van der Waals surface area contributed by atoms with Crippen LogP contribution in [0.3, 0.4) is 0 Å². The molecule has 0 unspecified atom stereocenters. The molecular weight excluding hydrogens is 404 g/mol. The number of carbonyl (C=O) groups is 2. The van der Waals surface area contributed by atoms with Crippen LogP contribution in [0.4, 0.5) is 17.1 Å². The van der Waals surface area contributed by atoms with Crippen LogP contribution in [0.5, 0.6) is 0 Å². The summed E-state index contributed by atoms with van der Waals surface area (Å²) in [6.07, 6.45) is 1.07. The predicted molar refractivity (Wildman–Crippen MR) is 116 cm³/mol. The first-order chi connectivity index (χ1) is 14.3. The Morgan fingerprint density at radius 2 is 1.83 bits per heavy atom. The van der Waals surface area contributed by atoms with E-state index < -0.39 is 10.0 Å². The van der Waals surface area contributed by atoms with Crippen molar-refractivity contribution < 1.29 is 18.0 Å². The third kappa shape index (κ3) is 4.06. The van der Waals surface area contributed by atoms with Crippen LogP contribution < -0.4 is 14.6 Å². The third-order valence-electron chi connectivity index (χ3n) is 5.05. The van der Waals surface area contributed by atoms with Crippen molar-refractivity contribution in [3.63, 3.8) is 0 Å². The first-order valence-electron chi connectivity index (χ1n) is 9.72. The SMILES string of the molecule is Cc1cccc(N2N=C(C(=O)Nc3ccc(N4CCCS4(=O)=O)cc3)CCC2=O)c1. The number of amides is 2. The summed E-state index contributed by atoms with van der Waals surface area (Å²) < 4.78 is 25.5. The Balaban J connectivity index is 1.49. The molecule has 0 aromatic heterocycles. The van der Waals surface area contributed by atoms with Gasteiger partial charge in [-0.2, -0.15) is 5.10 Å². The van der Waals surface area contributed by atoms with Crippen molar-refractivity contribution in [1.82, 2.24) is 0 Å². The number of benzene rings is 2. The van der Waals surface area contributed by atoms with E-state index in [-0.39, 0.29) is 36.1 Å². The minimum atomic E-state index is -3.24. The molecule has 1 fully saturated rings. The van der Waals surface area contributed by atoms with Crippen molar-refractivity contribution in [3.05, 3.63) is 54.1 Å². The molecule has 0 atom stereocenters. The van der Waals surface area contributed by atoms with Crippen LogP contribution in [0.2, 0.25) is 0 Å². The molecule has 2 amide bonds. The van der Waals surface area contributed by atoms with Crippen LogP contribution >= 0.6 is 0 Å². The first kappa shape index (κ1) is 20.1. The minimum Gasteiger partial charge on any atom is -0.321 e. The summed E-state index contributed by atoms with van der Waals surface area (Å²) in [6.45, 7) is 2.39. The summed E-state index contributed by atoms with van der Waals surface area (Å²) in [6, 6.07) is 14.0. The standard InChI is InChI=1S/C21H22N4O4S/c1-15-4-2-5-18(14-15)25-20(26)11-10-19(23-25)21(27)22-16-6-8-17(9-7-16)24-12-3-13-30(24,28)29/h2,4-9,14H,3,10-13H2,1H3,(H,22,27). The fraction of sp³-hybridized carbons (Fsp3) is 0.286. The fourth-order valence-corrected chi connectivity index (χ4v) is 5.09. The van der Waals surface area contributed by atoms with Gasteiger partial charge in [0.2, 0.25) is 15.9 Å². The van der Waals surface area contributed by atoms with Gasteiger partial charge in [0.05, 0.1) is 17.1 Å². The third-order valence-corrected chi connectivity index (χ3v) is 6.92. The number of sulfonamides is 1. The maximum atomic E-state index is 12.7. The Morgan fingerprint density at radius 1 is 1.07 bits per heavy atom. The van der Waals surface area contributed by atoms with Gasteiger partial charge < -0.3 is 5.32 Å². The molecule has 1 saturated heterocycles. The van der Waals surface area contributed by atoms with E-state index in [1.54, 1.807) is 30.3 Å². The summed E-state index contributed by atoms with van der Waals surface area (Å²) in [7, 11) is -3.24. The molecule has 0 spiro atoms. The molecule has 2 aromatic rings. The summed E-state index contributed by atoms with van der Waals surface area (Å²) in [5.41, 5.74) is 2.99. The predicted octanol–water partition coefficient (Wildman–Crippen LogP) is 2.66. The van der Waals surface area contributed by atoms with Crippen molar-refractivity contribution in [2.75, 3.05) is 26.9 Å². The molecule has 2 aliphatic rings. The molecular formula is C21H22N4O4S. The van der Waals surface area contributed by atoms with Crippen molar-refractivity contribution in [3.8, 4) is 0 Å². The van der Waals surface area contributed by atoms with E-state index in [1.165, 1.54) is 9.31 Å². The van der Waals surface area contributed by atoms with Crippen LogP contribution in [0.1, 0.15) is 24.8 Å². The highest BCUT2D eigenvalue weighted by Crippen LogP contribution is 2.26. The van der Waals surface area contributed by atoms with Crippen LogP contribution in [-0.4, -0.2) is 38.2 Å². The van der Waals surface area contributed by atoms with Crippen molar-refractivity contribution in [1.29, 1.82) is 0 Å². The Bertz CT molecular complexity index is 1130. The second-order valence-electron chi connectivity index (χ2n) is 7.33. The number of anilines is 3. The van der Waals surface area contributed by atoms with Gasteiger partial charge in [0.1, 0.15) is 5.71 Å². The number of carbonyl (C=O) groups excluding carboxylic acids is 2. The second kappa shape index (κ2) is 7.91. The molecule has 2 aliphatic heterocycles. The summed E-state index contributed by atoms with van der Waals surface area (Å²) in [4.78, 5) is 25.0. The number of hydrogen-bond acceptors (Lipinski definition) is 5. The van der Waals surface area contributed by atoms with Crippen molar-refractivity contribution >= 4 is 44.6 Å². The van der Waals surface area contributed by atoms with E-state index in [0.717, 1.165) is 5.56 Å². The van der Waals surface area contributed by atoms with Gasteiger partial charge in [0.25, 0.3) is 5.91 Å². The van der Waals surface area contributed by atoms with Gasteiger partial charge in [-0.15, -0.1) is 0 Å². The number of aryl methyl sites for hydroxylation is 1. The van der Waals surface area contributed by atoms with E-state index in [0.29, 0.717) is 30.0 Å². The monoisotopic (exact) mass is 426 g/mol. The van der Waals surface area contributed by atoms with Crippen LogP contribution in [0.15, 0.2) is 53.6 Å². The summed E-state index contributed by atoms with van der Waals surface area (Å²) in [5.74, 6) is -0.392. The Labute approximate surface area is 175 Å². The lowest BCUT2D eigenvalue weighted by molar-refractivity contribution is -0.118. The first-order valence-corrected chi connectivity index (χ1v) is 11.3. The van der Waals surface area contributed by atoms with Crippen molar-refractivity contribution in [2.24, 2.45) is 5.10 Å².